The SMILES string of the molecule is CC1(NCc2ccccc2)C(=O)Nc2ccccc21. The fourth-order valence-electron chi connectivity index (χ4n) is 2.45. The topological polar surface area (TPSA) is 41.1 Å². The second-order valence-corrected chi connectivity index (χ2v) is 4.96. The van der Waals surface area contributed by atoms with Crippen LogP contribution in [0.5, 0.6) is 0 Å². The van der Waals surface area contributed by atoms with Gasteiger partial charge in [0.15, 0.2) is 0 Å². The Labute approximate surface area is 112 Å². The third-order valence-corrected chi connectivity index (χ3v) is 3.66. The number of rotatable bonds is 3. The van der Waals surface area contributed by atoms with Crippen LogP contribution in [0, 0.1) is 0 Å². The average Bonchev–Trinajstić information content (AvgIpc) is 2.71. The summed E-state index contributed by atoms with van der Waals surface area (Å²) in [5, 5.41) is 6.29. The van der Waals surface area contributed by atoms with Crippen LogP contribution in [0.2, 0.25) is 0 Å². The second-order valence-electron chi connectivity index (χ2n) is 4.96. The van der Waals surface area contributed by atoms with Gasteiger partial charge in [-0.05, 0) is 18.6 Å². The summed E-state index contributed by atoms with van der Waals surface area (Å²) in [7, 11) is 0. The highest BCUT2D eigenvalue weighted by atomic mass is 16.2. The Hall–Kier alpha value is -2.13. The number of amides is 1. The van der Waals surface area contributed by atoms with Crippen LogP contribution in [0.25, 0.3) is 0 Å². The number of anilines is 1. The van der Waals surface area contributed by atoms with Gasteiger partial charge >= 0.3 is 0 Å². The van der Waals surface area contributed by atoms with Gasteiger partial charge in [0.2, 0.25) is 5.91 Å². The fraction of sp³-hybridized carbons (Fsp3) is 0.188. The molecular weight excluding hydrogens is 236 g/mol. The molecule has 1 atom stereocenters. The van der Waals surface area contributed by atoms with Crippen LogP contribution in [-0.2, 0) is 16.9 Å². The molecule has 1 aliphatic heterocycles. The molecule has 0 saturated heterocycles. The molecule has 96 valence electrons. The molecule has 19 heavy (non-hydrogen) atoms. The van der Waals surface area contributed by atoms with E-state index in [1.54, 1.807) is 0 Å². The highest BCUT2D eigenvalue weighted by molar-refractivity contribution is 6.05. The van der Waals surface area contributed by atoms with Gasteiger partial charge in [-0.1, -0.05) is 48.5 Å². The van der Waals surface area contributed by atoms with Crippen LogP contribution in [0.3, 0.4) is 0 Å². The van der Waals surface area contributed by atoms with E-state index in [-0.39, 0.29) is 5.91 Å². The summed E-state index contributed by atoms with van der Waals surface area (Å²) >= 11 is 0. The van der Waals surface area contributed by atoms with Crippen LogP contribution in [-0.4, -0.2) is 5.91 Å². The molecule has 0 fully saturated rings. The van der Waals surface area contributed by atoms with Crippen molar-refractivity contribution in [3.8, 4) is 0 Å². The molecular formula is C16H16N2O. The molecule has 2 N–H and O–H groups in total. The van der Waals surface area contributed by atoms with Gasteiger partial charge in [0, 0.05) is 17.8 Å². The largest absolute Gasteiger partial charge is 0.324 e. The third-order valence-electron chi connectivity index (χ3n) is 3.66. The Bertz CT molecular complexity index is 609. The van der Waals surface area contributed by atoms with Gasteiger partial charge in [-0.25, -0.2) is 0 Å². The van der Waals surface area contributed by atoms with Crippen molar-refractivity contribution in [2.75, 3.05) is 5.32 Å². The van der Waals surface area contributed by atoms with E-state index in [1.165, 1.54) is 5.56 Å². The number of hydrogen-bond acceptors (Lipinski definition) is 2. The minimum absolute atomic E-state index is 0.00429. The molecule has 3 heteroatoms. The monoisotopic (exact) mass is 252 g/mol. The molecule has 2 aromatic rings. The number of hydrogen-bond donors (Lipinski definition) is 2. The summed E-state index contributed by atoms with van der Waals surface area (Å²) in [5.41, 5.74) is 2.42. The number of para-hydroxylation sites is 1. The second kappa shape index (κ2) is 4.52. The first-order valence-corrected chi connectivity index (χ1v) is 6.40. The molecule has 2 aromatic carbocycles. The summed E-state index contributed by atoms with van der Waals surface area (Å²) in [5.74, 6) is 0.00429. The molecule has 0 aliphatic carbocycles. The van der Waals surface area contributed by atoms with Crippen molar-refractivity contribution in [1.29, 1.82) is 0 Å². The lowest BCUT2D eigenvalue weighted by atomic mass is 9.93. The standard InChI is InChI=1S/C16H16N2O/c1-16(17-11-12-7-3-2-4-8-12)13-9-5-6-10-14(13)18-15(16)19/h2-10,17H,11H2,1H3,(H,18,19). The minimum atomic E-state index is -0.660. The summed E-state index contributed by atoms with van der Waals surface area (Å²) in [4.78, 5) is 12.2. The molecule has 0 aromatic heterocycles. The van der Waals surface area contributed by atoms with Crippen LogP contribution < -0.4 is 10.6 Å². The molecule has 1 heterocycles. The normalized spacial score (nSPS) is 21.0. The first kappa shape index (κ1) is 11.9. The first-order valence-electron chi connectivity index (χ1n) is 6.40. The van der Waals surface area contributed by atoms with Crippen LogP contribution in [0.1, 0.15) is 18.1 Å². The minimum Gasteiger partial charge on any atom is -0.324 e. The summed E-state index contributed by atoms with van der Waals surface area (Å²) in [6, 6.07) is 17.9. The average molecular weight is 252 g/mol. The summed E-state index contributed by atoms with van der Waals surface area (Å²) in [6.07, 6.45) is 0. The molecule has 1 amide bonds. The van der Waals surface area contributed by atoms with Crippen LogP contribution in [0.15, 0.2) is 54.6 Å². The third kappa shape index (κ3) is 2.02. The van der Waals surface area contributed by atoms with E-state index in [1.807, 2.05) is 49.4 Å². The van der Waals surface area contributed by atoms with E-state index < -0.39 is 5.54 Å². The van der Waals surface area contributed by atoms with E-state index in [0.29, 0.717) is 6.54 Å². The molecule has 1 unspecified atom stereocenters. The van der Waals surface area contributed by atoms with Crippen molar-refractivity contribution in [3.63, 3.8) is 0 Å². The highest BCUT2D eigenvalue weighted by Gasteiger charge is 2.41. The van der Waals surface area contributed by atoms with Crippen molar-refractivity contribution < 1.29 is 4.79 Å². The molecule has 0 bridgehead atoms. The van der Waals surface area contributed by atoms with Crippen LogP contribution >= 0.6 is 0 Å². The molecule has 0 radical (unpaired) electrons. The zero-order valence-electron chi connectivity index (χ0n) is 10.8. The van der Waals surface area contributed by atoms with Gasteiger partial charge in [0.05, 0.1) is 0 Å². The number of benzene rings is 2. The molecule has 0 spiro atoms. The van der Waals surface area contributed by atoms with Gasteiger partial charge in [0.1, 0.15) is 5.54 Å². The lowest BCUT2D eigenvalue weighted by molar-refractivity contribution is -0.121. The van der Waals surface area contributed by atoms with E-state index in [2.05, 4.69) is 22.8 Å². The van der Waals surface area contributed by atoms with Crippen molar-refractivity contribution in [2.45, 2.75) is 19.0 Å². The fourth-order valence-corrected chi connectivity index (χ4v) is 2.45. The lowest BCUT2D eigenvalue weighted by Crippen LogP contribution is -2.44. The van der Waals surface area contributed by atoms with Crippen molar-refractivity contribution in [2.24, 2.45) is 0 Å². The number of carbonyl (C=O) groups excluding carboxylic acids is 1. The van der Waals surface area contributed by atoms with Crippen LogP contribution in [0.4, 0.5) is 5.69 Å². The van der Waals surface area contributed by atoms with Gasteiger partial charge in [-0.15, -0.1) is 0 Å². The Morgan fingerprint density at radius 2 is 1.74 bits per heavy atom. The first-order chi connectivity index (χ1) is 9.20. The van der Waals surface area contributed by atoms with Crippen molar-refractivity contribution in [1.82, 2.24) is 5.32 Å². The Morgan fingerprint density at radius 1 is 1.05 bits per heavy atom. The summed E-state index contributed by atoms with van der Waals surface area (Å²) < 4.78 is 0. The van der Waals surface area contributed by atoms with Gasteiger partial charge in [-0.2, -0.15) is 0 Å². The summed E-state index contributed by atoms with van der Waals surface area (Å²) in [6.45, 7) is 2.59. The molecule has 3 nitrogen and oxygen atoms in total. The predicted molar refractivity (Wildman–Crippen MR) is 75.7 cm³/mol. The maximum absolute atomic E-state index is 12.2. The zero-order chi connectivity index (χ0) is 13.3. The Morgan fingerprint density at radius 3 is 2.53 bits per heavy atom. The number of fused-ring (bicyclic) bond motifs is 1. The lowest BCUT2D eigenvalue weighted by Gasteiger charge is -2.24. The van der Waals surface area contributed by atoms with E-state index in [4.69, 9.17) is 0 Å². The molecule has 3 rings (SSSR count). The van der Waals surface area contributed by atoms with Crippen molar-refractivity contribution >= 4 is 11.6 Å². The van der Waals surface area contributed by atoms with E-state index in [9.17, 15) is 4.79 Å². The van der Waals surface area contributed by atoms with Crippen molar-refractivity contribution in [3.05, 3.63) is 65.7 Å². The van der Waals surface area contributed by atoms with E-state index in [0.717, 1.165) is 11.3 Å². The Balaban J connectivity index is 1.85. The van der Waals surface area contributed by atoms with Gasteiger partial charge < -0.3 is 5.32 Å². The van der Waals surface area contributed by atoms with E-state index >= 15 is 0 Å². The van der Waals surface area contributed by atoms with Gasteiger partial charge in [0.25, 0.3) is 0 Å². The predicted octanol–water partition coefficient (Wildman–Crippen LogP) is 2.64. The maximum atomic E-state index is 12.2. The Kier molecular flexibility index (Phi) is 2.84. The smallest absolute Gasteiger partial charge is 0.249 e. The maximum Gasteiger partial charge on any atom is 0.249 e. The quantitative estimate of drug-likeness (QED) is 0.881. The highest BCUT2D eigenvalue weighted by Crippen LogP contribution is 2.35. The molecule has 1 aliphatic rings. The van der Waals surface area contributed by atoms with Gasteiger partial charge in [-0.3, -0.25) is 10.1 Å². The zero-order valence-corrected chi connectivity index (χ0v) is 10.8. The number of nitrogens with one attached hydrogen (secondary N) is 2. The number of carbonyl (C=O) groups is 1. The molecule has 0 saturated carbocycles.